The van der Waals surface area contributed by atoms with Gasteiger partial charge in [-0.2, -0.15) is 0 Å². The molecule has 6 nitrogen and oxygen atoms in total. The molecule has 154 valence electrons. The van der Waals surface area contributed by atoms with E-state index in [9.17, 15) is 0 Å². The van der Waals surface area contributed by atoms with Gasteiger partial charge >= 0.3 is 0 Å². The van der Waals surface area contributed by atoms with Crippen LogP contribution in [0.2, 0.25) is 0 Å². The topological polar surface area (TPSA) is 67.8 Å². The lowest BCUT2D eigenvalue weighted by Crippen LogP contribution is -2.38. The van der Waals surface area contributed by atoms with Crippen LogP contribution in [-0.2, 0) is 12.8 Å². The van der Waals surface area contributed by atoms with Crippen molar-refractivity contribution in [3.8, 4) is 11.5 Å². The summed E-state index contributed by atoms with van der Waals surface area (Å²) in [7, 11) is 3.45. The molecule has 2 aromatic rings. The third-order valence-electron chi connectivity index (χ3n) is 4.09. The van der Waals surface area contributed by atoms with Gasteiger partial charge in [0.05, 0.1) is 13.7 Å². The lowest BCUT2D eigenvalue weighted by atomic mass is 10.1. The van der Waals surface area contributed by atoms with Crippen LogP contribution in [0.25, 0.3) is 0 Å². The Hall–Kier alpha value is -2.03. The van der Waals surface area contributed by atoms with Gasteiger partial charge in [0.2, 0.25) is 0 Å². The average molecular weight is 498 g/mol. The molecule has 7 heteroatoms. The summed E-state index contributed by atoms with van der Waals surface area (Å²) in [6.07, 6.45) is 4.65. The first-order valence-electron chi connectivity index (χ1n) is 9.41. The molecule has 0 fully saturated rings. The van der Waals surface area contributed by atoms with E-state index in [-0.39, 0.29) is 24.0 Å². The lowest BCUT2D eigenvalue weighted by molar-refractivity contribution is 0.310. The molecule has 0 bridgehead atoms. The van der Waals surface area contributed by atoms with Gasteiger partial charge in [0, 0.05) is 38.4 Å². The van der Waals surface area contributed by atoms with E-state index in [1.165, 1.54) is 5.56 Å². The number of halogens is 1. The fraction of sp³-hybridized carbons (Fsp3) is 0.429. The monoisotopic (exact) mass is 498 g/mol. The molecule has 0 atom stereocenters. The Morgan fingerprint density at radius 2 is 1.89 bits per heavy atom. The van der Waals surface area contributed by atoms with Crippen LogP contribution in [0.4, 0.5) is 0 Å². The molecule has 2 rings (SSSR count). The number of hydrogen-bond donors (Lipinski definition) is 2. The highest BCUT2D eigenvalue weighted by Gasteiger charge is 2.05. The molecular weight excluding hydrogens is 467 g/mol. The van der Waals surface area contributed by atoms with Gasteiger partial charge in [-0.1, -0.05) is 12.1 Å². The van der Waals surface area contributed by atoms with Crippen LogP contribution in [0.3, 0.4) is 0 Å². The van der Waals surface area contributed by atoms with Crippen LogP contribution in [0.1, 0.15) is 24.6 Å². The first-order chi connectivity index (χ1) is 13.3. The van der Waals surface area contributed by atoms with Crippen molar-refractivity contribution in [2.24, 2.45) is 4.99 Å². The highest BCUT2D eigenvalue weighted by molar-refractivity contribution is 14.0. The molecular formula is C21H31IN4O2. The van der Waals surface area contributed by atoms with Crippen LogP contribution in [-0.4, -0.2) is 44.8 Å². The minimum Gasteiger partial charge on any atom is -0.493 e. The SMILES string of the molecule is CCOc1cc(CCCNC(=NC)NCCc2ccccn2)ccc1OC.I. The Balaban J connectivity index is 0.00000392. The van der Waals surface area contributed by atoms with E-state index in [2.05, 4.69) is 32.7 Å². The number of aryl methyl sites for hydroxylation is 1. The van der Waals surface area contributed by atoms with Gasteiger partial charge in [0.25, 0.3) is 0 Å². The van der Waals surface area contributed by atoms with Gasteiger partial charge in [-0.3, -0.25) is 9.98 Å². The molecule has 2 N–H and O–H groups in total. The van der Waals surface area contributed by atoms with Crippen molar-refractivity contribution >= 4 is 29.9 Å². The minimum atomic E-state index is 0. The van der Waals surface area contributed by atoms with Crippen molar-refractivity contribution < 1.29 is 9.47 Å². The van der Waals surface area contributed by atoms with Gasteiger partial charge in [-0.25, -0.2) is 0 Å². The Morgan fingerprint density at radius 3 is 2.57 bits per heavy atom. The quantitative estimate of drug-likeness (QED) is 0.227. The summed E-state index contributed by atoms with van der Waals surface area (Å²) < 4.78 is 11.0. The molecule has 1 aromatic carbocycles. The number of guanidine groups is 1. The second-order valence-electron chi connectivity index (χ2n) is 6.02. The van der Waals surface area contributed by atoms with Gasteiger partial charge in [0.1, 0.15) is 0 Å². The Kier molecular flexibility index (Phi) is 12.0. The number of ether oxygens (including phenoxy) is 2. The molecule has 0 aliphatic carbocycles. The molecule has 1 aromatic heterocycles. The summed E-state index contributed by atoms with van der Waals surface area (Å²) in [5, 5.41) is 6.67. The number of aliphatic imine (C=N–C) groups is 1. The average Bonchev–Trinajstić information content (AvgIpc) is 2.71. The first kappa shape index (κ1) is 24.0. The van der Waals surface area contributed by atoms with Crippen LogP contribution in [0.15, 0.2) is 47.6 Å². The zero-order valence-corrected chi connectivity index (χ0v) is 19.2. The Bertz CT molecular complexity index is 711. The van der Waals surface area contributed by atoms with Crippen molar-refractivity contribution in [1.29, 1.82) is 0 Å². The maximum absolute atomic E-state index is 5.64. The summed E-state index contributed by atoms with van der Waals surface area (Å²) in [6.45, 7) is 4.25. The molecule has 28 heavy (non-hydrogen) atoms. The molecule has 0 saturated carbocycles. The number of aromatic nitrogens is 1. The fourth-order valence-electron chi connectivity index (χ4n) is 2.72. The number of methoxy groups -OCH3 is 1. The van der Waals surface area contributed by atoms with Crippen LogP contribution in [0, 0.1) is 0 Å². The van der Waals surface area contributed by atoms with Gasteiger partial charge in [-0.15, -0.1) is 24.0 Å². The first-order valence-corrected chi connectivity index (χ1v) is 9.41. The van der Waals surface area contributed by atoms with Crippen molar-refractivity contribution in [3.63, 3.8) is 0 Å². The molecule has 0 spiro atoms. The number of benzene rings is 1. The smallest absolute Gasteiger partial charge is 0.190 e. The largest absolute Gasteiger partial charge is 0.493 e. The number of nitrogens with one attached hydrogen (secondary N) is 2. The van der Waals surface area contributed by atoms with E-state index in [0.717, 1.165) is 55.5 Å². The predicted molar refractivity (Wildman–Crippen MR) is 125 cm³/mol. The van der Waals surface area contributed by atoms with E-state index >= 15 is 0 Å². The fourth-order valence-corrected chi connectivity index (χ4v) is 2.72. The molecule has 0 saturated heterocycles. The van der Waals surface area contributed by atoms with E-state index in [1.54, 1.807) is 14.2 Å². The van der Waals surface area contributed by atoms with Gasteiger partial charge < -0.3 is 20.1 Å². The van der Waals surface area contributed by atoms with E-state index in [0.29, 0.717) is 6.61 Å². The predicted octanol–water partition coefficient (Wildman–Crippen LogP) is 3.45. The highest BCUT2D eigenvalue weighted by Crippen LogP contribution is 2.28. The van der Waals surface area contributed by atoms with Crippen LogP contribution < -0.4 is 20.1 Å². The third-order valence-corrected chi connectivity index (χ3v) is 4.09. The summed E-state index contributed by atoms with van der Waals surface area (Å²) in [4.78, 5) is 8.59. The van der Waals surface area contributed by atoms with Crippen molar-refractivity contribution in [1.82, 2.24) is 15.6 Å². The van der Waals surface area contributed by atoms with E-state index in [4.69, 9.17) is 9.47 Å². The molecule has 0 amide bonds. The standard InChI is InChI=1S/C21H30N4O2.HI/c1-4-27-20-16-17(10-11-19(20)26-3)8-7-14-24-21(22-2)25-15-12-18-9-5-6-13-23-18;/h5-6,9-11,13,16H,4,7-8,12,14-15H2,1-3H3,(H2,22,24,25);1H. The number of rotatable bonds is 10. The summed E-state index contributed by atoms with van der Waals surface area (Å²) in [6, 6.07) is 12.1. The number of hydrogen-bond acceptors (Lipinski definition) is 4. The lowest BCUT2D eigenvalue weighted by Gasteiger charge is -2.13. The Morgan fingerprint density at radius 1 is 1.07 bits per heavy atom. The second kappa shape index (κ2) is 14.0. The summed E-state index contributed by atoms with van der Waals surface area (Å²) >= 11 is 0. The highest BCUT2D eigenvalue weighted by atomic mass is 127. The molecule has 0 aliphatic rings. The zero-order valence-electron chi connectivity index (χ0n) is 16.9. The van der Waals surface area contributed by atoms with Crippen molar-refractivity contribution in [2.75, 3.05) is 33.9 Å². The van der Waals surface area contributed by atoms with E-state index in [1.807, 2.05) is 37.4 Å². The molecule has 0 aliphatic heterocycles. The van der Waals surface area contributed by atoms with Crippen molar-refractivity contribution in [2.45, 2.75) is 26.2 Å². The van der Waals surface area contributed by atoms with Crippen molar-refractivity contribution in [3.05, 3.63) is 53.9 Å². The number of pyridine rings is 1. The number of nitrogens with zero attached hydrogens (tertiary/aromatic N) is 2. The minimum absolute atomic E-state index is 0. The molecule has 1 heterocycles. The van der Waals surface area contributed by atoms with Gasteiger partial charge in [-0.05, 0) is 49.6 Å². The van der Waals surface area contributed by atoms with Gasteiger partial charge in [0.15, 0.2) is 17.5 Å². The summed E-state index contributed by atoms with van der Waals surface area (Å²) in [5.74, 6) is 2.39. The second-order valence-corrected chi connectivity index (χ2v) is 6.02. The maximum Gasteiger partial charge on any atom is 0.190 e. The third kappa shape index (κ3) is 8.33. The zero-order chi connectivity index (χ0) is 19.3. The molecule has 0 radical (unpaired) electrons. The maximum atomic E-state index is 5.64. The Labute approximate surface area is 185 Å². The van der Waals surface area contributed by atoms with E-state index < -0.39 is 0 Å². The molecule has 0 unspecified atom stereocenters. The summed E-state index contributed by atoms with van der Waals surface area (Å²) in [5.41, 5.74) is 2.31. The van der Waals surface area contributed by atoms with Crippen LogP contribution >= 0.6 is 24.0 Å². The van der Waals surface area contributed by atoms with Crippen LogP contribution in [0.5, 0.6) is 11.5 Å². The normalized spacial score (nSPS) is 10.8.